The van der Waals surface area contributed by atoms with Gasteiger partial charge >= 0.3 is 0 Å². The Kier molecular flexibility index (Phi) is 5.27. The lowest BCUT2D eigenvalue weighted by molar-refractivity contribution is -0.123. The Balaban J connectivity index is 1.58. The summed E-state index contributed by atoms with van der Waals surface area (Å²) < 4.78 is 0. The molecule has 3 aromatic rings. The van der Waals surface area contributed by atoms with Crippen molar-refractivity contribution in [3.8, 4) is 0 Å². The second-order valence-electron chi connectivity index (χ2n) is 7.54. The first kappa shape index (κ1) is 18.5. The Bertz CT molecular complexity index is 868. The van der Waals surface area contributed by atoms with Crippen molar-refractivity contribution in [2.24, 2.45) is 5.92 Å². The third-order valence-electron chi connectivity index (χ3n) is 5.59. The van der Waals surface area contributed by atoms with E-state index in [1.165, 1.54) is 0 Å². The summed E-state index contributed by atoms with van der Waals surface area (Å²) in [6, 6.07) is 29.3. The number of carbonyl (C=O) groups is 1. The molecule has 0 aliphatic heterocycles. The van der Waals surface area contributed by atoms with E-state index in [1.807, 2.05) is 91.0 Å². The van der Waals surface area contributed by atoms with Gasteiger partial charge in [0.25, 0.3) is 0 Å². The molecule has 0 aromatic heterocycles. The quantitative estimate of drug-likeness (QED) is 0.653. The maximum atomic E-state index is 13.2. The van der Waals surface area contributed by atoms with E-state index in [0.717, 1.165) is 29.5 Å². The second kappa shape index (κ2) is 7.99. The normalized spacial score (nSPS) is 15.8. The highest BCUT2D eigenvalue weighted by atomic mass is 16.3. The van der Waals surface area contributed by atoms with Gasteiger partial charge in [0.1, 0.15) is 5.60 Å². The van der Waals surface area contributed by atoms with Crippen molar-refractivity contribution in [1.82, 2.24) is 5.32 Å². The van der Waals surface area contributed by atoms with Gasteiger partial charge in [-0.25, -0.2) is 0 Å². The summed E-state index contributed by atoms with van der Waals surface area (Å²) in [5, 5.41) is 14.4. The van der Waals surface area contributed by atoms with Crippen molar-refractivity contribution in [3.05, 3.63) is 108 Å². The van der Waals surface area contributed by atoms with E-state index < -0.39 is 11.5 Å². The molecule has 1 saturated carbocycles. The van der Waals surface area contributed by atoms with Gasteiger partial charge in [0, 0.05) is 0 Å². The number of benzene rings is 3. The molecule has 4 rings (SSSR count). The minimum absolute atomic E-state index is 0.0904. The van der Waals surface area contributed by atoms with E-state index in [9.17, 15) is 9.90 Å². The molecular formula is C25H25NO2. The van der Waals surface area contributed by atoms with E-state index in [0.29, 0.717) is 0 Å². The van der Waals surface area contributed by atoms with Gasteiger partial charge in [-0.3, -0.25) is 4.79 Å². The molecule has 0 bridgehead atoms. The van der Waals surface area contributed by atoms with Crippen molar-refractivity contribution >= 4 is 5.91 Å². The van der Waals surface area contributed by atoms with Crippen LogP contribution in [-0.2, 0) is 10.4 Å². The predicted molar refractivity (Wildman–Crippen MR) is 111 cm³/mol. The lowest BCUT2D eigenvalue weighted by atomic mass is 9.87. The maximum absolute atomic E-state index is 13.2. The minimum atomic E-state index is -1.02. The number of hydrogen-bond donors (Lipinski definition) is 2. The zero-order valence-corrected chi connectivity index (χ0v) is 15.8. The summed E-state index contributed by atoms with van der Waals surface area (Å²) in [5.74, 6) is -0.295. The molecule has 1 amide bonds. The molecular weight excluding hydrogens is 346 g/mol. The summed E-state index contributed by atoms with van der Waals surface area (Å²) in [6.07, 6.45) is 1.98. The van der Waals surface area contributed by atoms with Crippen molar-refractivity contribution in [2.75, 3.05) is 6.54 Å². The van der Waals surface area contributed by atoms with Crippen LogP contribution in [0.1, 0.15) is 35.4 Å². The molecule has 1 aliphatic rings. The van der Waals surface area contributed by atoms with Crippen LogP contribution < -0.4 is 5.32 Å². The average Bonchev–Trinajstić information content (AvgIpc) is 3.60. The Labute approximate surface area is 166 Å². The fraction of sp³-hybridized carbons (Fsp3) is 0.240. The molecule has 0 spiro atoms. The summed E-state index contributed by atoms with van der Waals surface area (Å²) in [7, 11) is 0. The van der Waals surface area contributed by atoms with Crippen molar-refractivity contribution < 1.29 is 9.90 Å². The molecule has 1 aliphatic carbocycles. The van der Waals surface area contributed by atoms with Gasteiger partial charge in [0.05, 0.1) is 12.5 Å². The van der Waals surface area contributed by atoms with E-state index in [1.54, 1.807) is 0 Å². The monoisotopic (exact) mass is 371 g/mol. The first-order chi connectivity index (χ1) is 13.7. The molecule has 142 valence electrons. The molecule has 2 N–H and O–H groups in total. The van der Waals surface area contributed by atoms with E-state index in [-0.39, 0.29) is 18.4 Å². The predicted octanol–water partition coefficient (Wildman–Crippen LogP) is 4.23. The molecule has 3 nitrogen and oxygen atoms in total. The fourth-order valence-electron chi connectivity index (χ4n) is 3.88. The van der Waals surface area contributed by atoms with Crippen molar-refractivity contribution in [2.45, 2.75) is 24.4 Å². The number of rotatable bonds is 7. The van der Waals surface area contributed by atoms with E-state index in [2.05, 4.69) is 5.32 Å². The molecule has 0 radical (unpaired) electrons. The Morgan fingerprint density at radius 1 is 0.857 bits per heavy atom. The third-order valence-corrected chi connectivity index (χ3v) is 5.59. The van der Waals surface area contributed by atoms with E-state index in [4.69, 9.17) is 0 Å². The van der Waals surface area contributed by atoms with Gasteiger partial charge in [0.15, 0.2) is 0 Å². The Morgan fingerprint density at radius 2 is 1.32 bits per heavy atom. The number of nitrogens with one attached hydrogen (secondary N) is 1. The maximum Gasteiger partial charge on any atom is 0.232 e. The van der Waals surface area contributed by atoms with Crippen LogP contribution in [0.4, 0.5) is 0 Å². The fourth-order valence-corrected chi connectivity index (χ4v) is 3.88. The van der Waals surface area contributed by atoms with Gasteiger partial charge in [-0.2, -0.15) is 0 Å². The van der Waals surface area contributed by atoms with Crippen molar-refractivity contribution in [3.63, 3.8) is 0 Å². The summed E-state index contributed by atoms with van der Waals surface area (Å²) in [6.45, 7) is 0.219. The third kappa shape index (κ3) is 3.85. The van der Waals surface area contributed by atoms with Gasteiger partial charge in [0.2, 0.25) is 5.91 Å². The molecule has 1 atom stereocenters. The van der Waals surface area contributed by atoms with Crippen LogP contribution >= 0.6 is 0 Å². The van der Waals surface area contributed by atoms with Crippen LogP contribution in [0.15, 0.2) is 91.0 Å². The zero-order valence-electron chi connectivity index (χ0n) is 15.8. The Hall–Kier alpha value is -2.91. The van der Waals surface area contributed by atoms with Crippen LogP contribution in [0.25, 0.3) is 0 Å². The van der Waals surface area contributed by atoms with Crippen LogP contribution in [0.3, 0.4) is 0 Å². The SMILES string of the molecule is O=C(NCC(O)(c1ccccc1)C1CC1)C(c1ccccc1)c1ccccc1. The second-order valence-corrected chi connectivity index (χ2v) is 7.54. The molecule has 1 unspecified atom stereocenters. The number of amides is 1. The topological polar surface area (TPSA) is 49.3 Å². The summed E-state index contributed by atoms with van der Waals surface area (Å²) in [5.41, 5.74) is 1.74. The summed E-state index contributed by atoms with van der Waals surface area (Å²) >= 11 is 0. The molecule has 1 fully saturated rings. The summed E-state index contributed by atoms with van der Waals surface area (Å²) in [4.78, 5) is 13.2. The molecule has 0 saturated heterocycles. The van der Waals surface area contributed by atoms with Gasteiger partial charge in [-0.1, -0.05) is 91.0 Å². The highest BCUT2D eigenvalue weighted by molar-refractivity contribution is 5.87. The molecule has 28 heavy (non-hydrogen) atoms. The smallest absolute Gasteiger partial charge is 0.232 e. The number of aliphatic hydroxyl groups is 1. The van der Waals surface area contributed by atoms with Gasteiger partial charge in [-0.05, 0) is 35.4 Å². The standard InChI is InChI=1S/C25H25NO2/c27-24(23(19-10-4-1-5-11-19)20-12-6-2-7-13-20)26-18-25(28,22-16-17-22)21-14-8-3-9-15-21/h1-15,22-23,28H,16-18H2,(H,26,27). The molecule has 3 aromatic carbocycles. The van der Waals surface area contributed by atoms with Gasteiger partial charge < -0.3 is 10.4 Å². The lowest BCUT2D eigenvalue weighted by Crippen LogP contribution is -2.44. The first-order valence-electron chi connectivity index (χ1n) is 9.84. The number of carbonyl (C=O) groups excluding carboxylic acids is 1. The van der Waals surface area contributed by atoms with Gasteiger partial charge in [-0.15, -0.1) is 0 Å². The van der Waals surface area contributed by atoms with Crippen molar-refractivity contribution in [1.29, 1.82) is 0 Å². The first-order valence-corrected chi connectivity index (χ1v) is 9.84. The zero-order chi connectivity index (χ0) is 19.4. The highest BCUT2D eigenvalue weighted by Crippen LogP contribution is 2.45. The van der Waals surface area contributed by atoms with Crippen LogP contribution in [0.2, 0.25) is 0 Å². The average molecular weight is 371 g/mol. The Morgan fingerprint density at radius 3 is 1.79 bits per heavy atom. The molecule has 0 heterocycles. The highest BCUT2D eigenvalue weighted by Gasteiger charge is 2.45. The van der Waals surface area contributed by atoms with Crippen LogP contribution in [0.5, 0.6) is 0 Å². The number of hydrogen-bond acceptors (Lipinski definition) is 2. The van der Waals surface area contributed by atoms with E-state index >= 15 is 0 Å². The van der Waals surface area contributed by atoms with Crippen LogP contribution in [0, 0.1) is 5.92 Å². The lowest BCUT2D eigenvalue weighted by Gasteiger charge is -2.30. The largest absolute Gasteiger partial charge is 0.383 e. The minimum Gasteiger partial charge on any atom is -0.383 e. The molecule has 3 heteroatoms. The van der Waals surface area contributed by atoms with Crippen LogP contribution in [-0.4, -0.2) is 17.6 Å².